The molecule has 0 aliphatic rings. The number of carbonyl (C=O) groups excluding carboxylic acids is 1. The highest BCUT2D eigenvalue weighted by Gasteiger charge is 2.10. The second-order valence-corrected chi connectivity index (χ2v) is 5.59. The first-order valence-electron chi connectivity index (χ1n) is 6.19. The highest BCUT2D eigenvalue weighted by Crippen LogP contribution is 2.20. The average Bonchev–Trinajstić information content (AvgIpc) is 2.46. The summed E-state index contributed by atoms with van der Waals surface area (Å²) in [6.07, 6.45) is 0. The lowest BCUT2D eigenvalue weighted by atomic mass is 10.1. The van der Waals surface area contributed by atoms with Crippen molar-refractivity contribution in [2.45, 2.75) is 6.92 Å². The summed E-state index contributed by atoms with van der Waals surface area (Å²) in [6.45, 7) is 2.02. The summed E-state index contributed by atoms with van der Waals surface area (Å²) in [5.41, 5.74) is 2.90. The summed E-state index contributed by atoms with van der Waals surface area (Å²) in [5.74, 6) is 5.36. The summed E-state index contributed by atoms with van der Waals surface area (Å²) >= 11 is 2.21. The number of rotatable bonds is 1. The van der Waals surface area contributed by atoms with E-state index in [0.29, 0.717) is 0 Å². The molecule has 0 heterocycles. The first-order valence-corrected chi connectivity index (χ1v) is 7.27. The zero-order chi connectivity index (χ0) is 14.5. The molecule has 0 saturated carbocycles. The molecule has 0 atom stereocenters. The van der Waals surface area contributed by atoms with Crippen molar-refractivity contribution < 1.29 is 4.79 Å². The van der Waals surface area contributed by atoms with Gasteiger partial charge in [0.15, 0.2) is 0 Å². The van der Waals surface area contributed by atoms with Crippen molar-refractivity contribution in [2.24, 2.45) is 0 Å². The van der Waals surface area contributed by atoms with Crippen LogP contribution in [0.4, 0.5) is 5.69 Å². The molecule has 0 unspecified atom stereocenters. The summed E-state index contributed by atoms with van der Waals surface area (Å²) in [4.78, 5) is 13.7. The van der Waals surface area contributed by atoms with Crippen molar-refractivity contribution in [3.8, 4) is 11.8 Å². The topological polar surface area (TPSA) is 20.3 Å². The lowest BCUT2D eigenvalue weighted by Crippen LogP contribution is -2.25. The minimum atomic E-state index is -0.213. The van der Waals surface area contributed by atoms with Gasteiger partial charge in [-0.05, 0) is 53.8 Å². The van der Waals surface area contributed by atoms with E-state index in [1.54, 1.807) is 11.9 Å². The Morgan fingerprint density at radius 3 is 2.40 bits per heavy atom. The Morgan fingerprint density at radius 2 is 1.75 bits per heavy atom. The molecule has 0 aromatic heterocycles. The summed E-state index contributed by atoms with van der Waals surface area (Å²) in [5, 5.41) is 0. The molecule has 0 bridgehead atoms. The molecule has 20 heavy (non-hydrogen) atoms. The van der Waals surface area contributed by atoms with Crippen LogP contribution in [0.1, 0.15) is 11.1 Å². The first kappa shape index (κ1) is 14.6. The second-order valence-electron chi connectivity index (χ2n) is 4.43. The van der Waals surface area contributed by atoms with E-state index >= 15 is 0 Å². The van der Waals surface area contributed by atoms with Gasteiger partial charge in [-0.3, -0.25) is 4.79 Å². The third-order valence-electron chi connectivity index (χ3n) is 2.88. The quantitative estimate of drug-likeness (QED) is 0.551. The Balaban J connectivity index is 2.17. The van der Waals surface area contributed by atoms with E-state index in [1.807, 2.05) is 55.5 Å². The normalized spacial score (nSPS) is 9.55. The molecule has 2 rings (SSSR count). The molecular weight excluding hydrogens is 361 g/mol. The monoisotopic (exact) mass is 375 g/mol. The standard InChI is InChI=1S/C17H14INO/c1-13-7-9-14(10-8-13)11-12-17(20)19(2)16-6-4-3-5-15(16)18/h3-10H,1-2H3. The van der Waals surface area contributed by atoms with Gasteiger partial charge >= 0.3 is 5.91 Å². The van der Waals surface area contributed by atoms with Crippen molar-refractivity contribution in [3.63, 3.8) is 0 Å². The predicted molar refractivity (Wildman–Crippen MR) is 90.6 cm³/mol. The molecule has 0 spiro atoms. The van der Waals surface area contributed by atoms with Crippen LogP contribution in [0.25, 0.3) is 0 Å². The molecule has 100 valence electrons. The molecule has 0 aliphatic carbocycles. The third-order valence-corrected chi connectivity index (χ3v) is 3.80. The highest BCUT2D eigenvalue weighted by molar-refractivity contribution is 14.1. The average molecular weight is 375 g/mol. The smallest absolute Gasteiger partial charge is 0.303 e. The van der Waals surface area contributed by atoms with Gasteiger partial charge < -0.3 is 4.90 Å². The van der Waals surface area contributed by atoms with Gasteiger partial charge in [0.2, 0.25) is 0 Å². The Morgan fingerprint density at radius 1 is 1.10 bits per heavy atom. The zero-order valence-corrected chi connectivity index (χ0v) is 13.5. The number of anilines is 1. The van der Waals surface area contributed by atoms with E-state index in [2.05, 4.69) is 34.4 Å². The molecular formula is C17H14INO. The number of aryl methyl sites for hydroxylation is 1. The van der Waals surface area contributed by atoms with Gasteiger partial charge in [0.1, 0.15) is 0 Å². The van der Waals surface area contributed by atoms with Crippen LogP contribution in [0, 0.1) is 22.3 Å². The van der Waals surface area contributed by atoms with E-state index in [1.165, 1.54) is 5.56 Å². The van der Waals surface area contributed by atoms with Crippen molar-refractivity contribution >= 4 is 34.2 Å². The van der Waals surface area contributed by atoms with E-state index in [-0.39, 0.29) is 5.91 Å². The van der Waals surface area contributed by atoms with Crippen LogP contribution < -0.4 is 4.90 Å². The molecule has 1 amide bonds. The largest absolute Gasteiger partial charge is 0.304 e. The van der Waals surface area contributed by atoms with Gasteiger partial charge in [0, 0.05) is 22.1 Å². The number of hydrogen-bond acceptors (Lipinski definition) is 1. The maximum absolute atomic E-state index is 12.1. The number of amides is 1. The van der Waals surface area contributed by atoms with Crippen LogP contribution in [0.3, 0.4) is 0 Å². The van der Waals surface area contributed by atoms with Gasteiger partial charge in [0.25, 0.3) is 0 Å². The minimum Gasteiger partial charge on any atom is -0.304 e. The van der Waals surface area contributed by atoms with E-state index < -0.39 is 0 Å². The zero-order valence-electron chi connectivity index (χ0n) is 11.4. The van der Waals surface area contributed by atoms with Crippen molar-refractivity contribution in [1.29, 1.82) is 0 Å². The summed E-state index contributed by atoms with van der Waals surface area (Å²) in [7, 11) is 1.74. The fourth-order valence-electron chi connectivity index (χ4n) is 1.68. The number of carbonyl (C=O) groups is 1. The molecule has 0 radical (unpaired) electrons. The van der Waals surface area contributed by atoms with E-state index in [4.69, 9.17) is 0 Å². The van der Waals surface area contributed by atoms with Crippen LogP contribution in [0.2, 0.25) is 0 Å². The number of para-hydroxylation sites is 1. The number of halogens is 1. The lowest BCUT2D eigenvalue weighted by molar-refractivity contribution is -0.113. The molecule has 0 saturated heterocycles. The third kappa shape index (κ3) is 3.61. The van der Waals surface area contributed by atoms with Gasteiger partial charge in [-0.15, -0.1) is 0 Å². The Labute approximate surface area is 132 Å². The van der Waals surface area contributed by atoms with Crippen molar-refractivity contribution in [2.75, 3.05) is 11.9 Å². The Kier molecular flexibility index (Phi) is 4.80. The number of hydrogen-bond donors (Lipinski definition) is 0. The number of benzene rings is 2. The predicted octanol–water partition coefficient (Wildman–Crippen LogP) is 3.61. The van der Waals surface area contributed by atoms with Crippen LogP contribution in [-0.2, 0) is 4.79 Å². The van der Waals surface area contributed by atoms with Gasteiger partial charge in [-0.25, -0.2) is 0 Å². The van der Waals surface area contributed by atoms with Crippen LogP contribution in [0.15, 0.2) is 48.5 Å². The van der Waals surface area contributed by atoms with Crippen LogP contribution in [-0.4, -0.2) is 13.0 Å². The van der Waals surface area contributed by atoms with Gasteiger partial charge in [-0.2, -0.15) is 0 Å². The first-order chi connectivity index (χ1) is 9.58. The summed E-state index contributed by atoms with van der Waals surface area (Å²) < 4.78 is 1.03. The Hall–Kier alpha value is -1.80. The molecule has 0 N–H and O–H groups in total. The maximum atomic E-state index is 12.1. The fourth-order valence-corrected chi connectivity index (χ4v) is 2.43. The van der Waals surface area contributed by atoms with E-state index in [0.717, 1.165) is 14.8 Å². The van der Waals surface area contributed by atoms with Crippen molar-refractivity contribution in [3.05, 3.63) is 63.2 Å². The van der Waals surface area contributed by atoms with Gasteiger partial charge in [-0.1, -0.05) is 35.7 Å². The van der Waals surface area contributed by atoms with E-state index in [9.17, 15) is 4.79 Å². The number of nitrogens with zero attached hydrogens (tertiary/aromatic N) is 1. The minimum absolute atomic E-state index is 0.213. The molecule has 0 aliphatic heterocycles. The maximum Gasteiger partial charge on any atom is 0.303 e. The second kappa shape index (κ2) is 6.58. The molecule has 0 fully saturated rings. The summed E-state index contributed by atoms with van der Waals surface area (Å²) in [6, 6.07) is 15.5. The Bertz CT molecular complexity index is 680. The fraction of sp³-hybridized carbons (Fsp3) is 0.118. The van der Waals surface area contributed by atoms with Crippen LogP contribution >= 0.6 is 22.6 Å². The molecule has 3 heteroatoms. The molecule has 2 nitrogen and oxygen atoms in total. The lowest BCUT2D eigenvalue weighted by Gasteiger charge is -2.15. The highest BCUT2D eigenvalue weighted by atomic mass is 127. The van der Waals surface area contributed by atoms with Crippen LogP contribution in [0.5, 0.6) is 0 Å². The van der Waals surface area contributed by atoms with Gasteiger partial charge in [0.05, 0.1) is 5.69 Å². The molecule has 2 aromatic rings. The molecule has 2 aromatic carbocycles. The SMILES string of the molecule is Cc1ccc(C#CC(=O)N(C)c2ccccc2I)cc1. The van der Waals surface area contributed by atoms with Crippen molar-refractivity contribution in [1.82, 2.24) is 0 Å².